The monoisotopic (exact) mass is 378 g/mol. The van der Waals surface area contributed by atoms with Gasteiger partial charge in [0.2, 0.25) is 0 Å². The van der Waals surface area contributed by atoms with Gasteiger partial charge in [0.25, 0.3) is 0 Å². The van der Waals surface area contributed by atoms with Crippen LogP contribution >= 0.6 is 12.4 Å². The molecule has 7 heteroatoms. The number of aliphatic hydroxyl groups is 1. The van der Waals surface area contributed by atoms with Crippen LogP contribution in [-0.4, -0.2) is 66.7 Å². The number of nitrogens with one attached hydrogen (secondary N) is 1. The second-order valence-corrected chi connectivity index (χ2v) is 7.31. The number of carbonyl (C=O) groups is 1. The Hall–Kier alpha value is -0.820. The minimum Gasteiger partial charge on any atom is -0.444 e. The maximum Gasteiger partial charge on any atom is 0.410 e. The van der Waals surface area contributed by atoms with Crippen LogP contribution in [0, 0.1) is 0 Å². The van der Waals surface area contributed by atoms with E-state index in [1.54, 1.807) is 11.0 Å². The van der Waals surface area contributed by atoms with Gasteiger partial charge < -0.3 is 24.8 Å². The lowest BCUT2D eigenvalue weighted by atomic mass is 10.1. The zero-order chi connectivity index (χ0) is 18.0. The highest BCUT2D eigenvalue weighted by Crippen LogP contribution is 2.14. The van der Waals surface area contributed by atoms with Gasteiger partial charge in [0.1, 0.15) is 5.60 Å². The second kappa shape index (κ2) is 12.5. The standard InChI is InChI=1S/C10H19NO3.C8H15NO.ClH/c1-10(2,3)14-9(13)11-6-4-5-8(12)7-11;1-2-6-10-8-4-3-5-9-7-8;/h8,12H,4-7H2,1-3H3;2,8-9H,1,3-7H2;1H/t2*8-;/m11./s1. The molecule has 2 saturated heterocycles. The molecule has 0 aliphatic carbocycles. The molecule has 0 spiro atoms. The molecule has 6 nitrogen and oxygen atoms in total. The number of β-amino-alcohol motifs (C(OH)–C–C–N with tert-alkyl or cyclic N) is 1. The molecule has 2 fully saturated rings. The lowest BCUT2D eigenvalue weighted by molar-refractivity contribution is 0.00391. The number of carbonyl (C=O) groups excluding carboxylic acids is 1. The van der Waals surface area contributed by atoms with Crippen LogP contribution in [0.5, 0.6) is 0 Å². The largest absolute Gasteiger partial charge is 0.444 e. The van der Waals surface area contributed by atoms with Crippen molar-refractivity contribution in [3.05, 3.63) is 12.7 Å². The number of likely N-dealkylation sites (tertiary alicyclic amines) is 1. The Labute approximate surface area is 158 Å². The highest BCUT2D eigenvalue weighted by atomic mass is 35.5. The molecular weight excluding hydrogens is 344 g/mol. The van der Waals surface area contributed by atoms with Gasteiger partial charge in [0.05, 0.1) is 18.8 Å². The molecule has 0 bridgehead atoms. The van der Waals surface area contributed by atoms with E-state index in [2.05, 4.69) is 11.9 Å². The maximum absolute atomic E-state index is 11.6. The third kappa shape index (κ3) is 11.4. The van der Waals surface area contributed by atoms with Crippen LogP contribution in [0.25, 0.3) is 0 Å². The average molecular weight is 379 g/mol. The van der Waals surface area contributed by atoms with Crippen LogP contribution in [0.2, 0.25) is 0 Å². The number of ether oxygens (including phenoxy) is 2. The van der Waals surface area contributed by atoms with E-state index in [-0.39, 0.29) is 18.5 Å². The number of hydrogen-bond acceptors (Lipinski definition) is 5. The number of hydrogen-bond donors (Lipinski definition) is 2. The molecule has 2 aliphatic heterocycles. The van der Waals surface area contributed by atoms with Crippen molar-refractivity contribution in [2.45, 2.75) is 64.3 Å². The molecule has 1 amide bonds. The van der Waals surface area contributed by atoms with Gasteiger partial charge in [0.15, 0.2) is 0 Å². The predicted octanol–water partition coefficient (Wildman–Crippen LogP) is 2.74. The zero-order valence-electron chi connectivity index (χ0n) is 15.8. The zero-order valence-corrected chi connectivity index (χ0v) is 16.6. The molecule has 0 aromatic heterocycles. The molecule has 0 radical (unpaired) electrons. The summed E-state index contributed by atoms with van der Waals surface area (Å²) < 4.78 is 10.7. The Bertz CT molecular complexity index is 382. The normalized spacial score (nSPS) is 23.6. The van der Waals surface area contributed by atoms with Crippen LogP contribution in [0.4, 0.5) is 4.79 Å². The Kier molecular flexibility index (Phi) is 12.1. The lowest BCUT2D eigenvalue weighted by Crippen LogP contribution is -2.44. The molecule has 0 aromatic carbocycles. The van der Waals surface area contributed by atoms with Gasteiger partial charge in [-0.15, -0.1) is 19.0 Å². The molecule has 0 aromatic rings. The number of aliphatic hydroxyl groups excluding tert-OH is 1. The van der Waals surface area contributed by atoms with Gasteiger partial charge in [-0.3, -0.25) is 0 Å². The van der Waals surface area contributed by atoms with Crippen molar-refractivity contribution in [3.63, 3.8) is 0 Å². The van der Waals surface area contributed by atoms with Crippen LogP contribution in [0.3, 0.4) is 0 Å². The van der Waals surface area contributed by atoms with E-state index in [1.807, 2.05) is 20.8 Å². The quantitative estimate of drug-likeness (QED) is 0.739. The summed E-state index contributed by atoms with van der Waals surface area (Å²) in [5.41, 5.74) is -0.459. The number of nitrogens with zero attached hydrogens (tertiary/aromatic N) is 1. The van der Waals surface area contributed by atoms with Gasteiger partial charge in [0, 0.05) is 19.6 Å². The van der Waals surface area contributed by atoms with Crippen molar-refractivity contribution < 1.29 is 19.4 Å². The molecule has 0 saturated carbocycles. The minimum absolute atomic E-state index is 0. The third-order valence-corrected chi connectivity index (χ3v) is 3.75. The summed E-state index contributed by atoms with van der Waals surface area (Å²) in [6.07, 6.45) is 5.57. The summed E-state index contributed by atoms with van der Waals surface area (Å²) in [6, 6.07) is 0. The van der Waals surface area contributed by atoms with Crippen molar-refractivity contribution in [1.82, 2.24) is 10.2 Å². The third-order valence-electron chi connectivity index (χ3n) is 3.75. The van der Waals surface area contributed by atoms with Crippen molar-refractivity contribution in [2.24, 2.45) is 0 Å². The fourth-order valence-electron chi connectivity index (χ4n) is 2.61. The molecule has 2 atom stereocenters. The molecule has 2 rings (SSSR count). The molecular formula is C18H35ClN2O4. The Morgan fingerprint density at radius 2 is 2.08 bits per heavy atom. The first-order chi connectivity index (χ1) is 11.3. The minimum atomic E-state index is -0.459. The van der Waals surface area contributed by atoms with Gasteiger partial charge in [-0.2, -0.15) is 0 Å². The molecule has 2 N–H and O–H groups in total. The van der Waals surface area contributed by atoms with Crippen LogP contribution < -0.4 is 5.32 Å². The van der Waals surface area contributed by atoms with E-state index in [0.29, 0.717) is 25.8 Å². The fourth-order valence-corrected chi connectivity index (χ4v) is 2.61. The van der Waals surface area contributed by atoms with Gasteiger partial charge >= 0.3 is 6.09 Å². The maximum atomic E-state index is 11.6. The predicted molar refractivity (Wildman–Crippen MR) is 102 cm³/mol. The summed E-state index contributed by atoms with van der Waals surface area (Å²) in [5.74, 6) is 0. The van der Waals surface area contributed by atoms with E-state index < -0.39 is 11.7 Å². The first-order valence-corrected chi connectivity index (χ1v) is 8.91. The second-order valence-electron chi connectivity index (χ2n) is 7.31. The van der Waals surface area contributed by atoms with Gasteiger partial charge in [-0.05, 0) is 53.0 Å². The highest BCUT2D eigenvalue weighted by molar-refractivity contribution is 5.85. The topological polar surface area (TPSA) is 71.0 Å². The van der Waals surface area contributed by atoms with E-state index in [1.165, 1.54) is 12.8 Å². The SMILES string of the molecule is C=CCO[C@@H]1CCCNC1.CC(C)(C)OC(=O)N1CCC[C@@H](O)C1.Cl. The van der Waals surface area contributed by atoms with E-state index in [4.69, 9.17) is 9.47 Å². The molecule has 148 valence electrons. The van der Waals surface area contributed by atoms with E-state index in [9.17, 15) is 9.90 Å². The number of halogens is 1. The van der Waals surface area contributed by atoms with Crippen LogP contribution in [0.15, 0.2) is 12.7 Å². The van der Waals surface area contributed by atoms with Crippen LogP contribution in [0.1, 0.15) is 46.5 Å². The first kappa shape index (κ1) is 24.2. The number of rotatable bonds is 3. The van der Waals surface area contributed by atoms with Crippen molar-refractivity contribution in [1.29, 1.82) is 0 Å². The van der Waals surface area contributed by atoms with Crippen molar-refractivity contribution in [3.8, 4) is 0 Å². The first-order valence-electron chi connectivity index (χ1n) is 8.91. The van der Waals surface area contributed by atoms with E-state index >= 15 is 0 Å². The van der Waals surface area contributed by atoms with Crippen LogP contribution in [-0.2, 0) is 9.47 Å². The fraction of sp³-hybridized carbons (Fsp3) is 0.833. The molecule has 2 aliphatic rings. The number of piperidine rings is 2. The highest BCUT2D eigenvalue weighted by Gasteiger charge is 2.26. The average Bonchev–Trinajstić information content (AvgIpc) is 2.53. The summed E-state index contributed by atoms with van der Waals surface area (Å²) in [7, 11) is 0. The number of amides is 1. The molecule has 25 heavy (non-hydrogen) atoms. The van der Waals surface area contributed by atoms with Crippen molar-refractivity contribution >= 4 is 18.5 Å². The van der Waals surface area contributed by atoms with Gasteiger partial charge in [-0.25, -0.2) is 4.79 Å². The van der Waals surface area contributed by atoms with Crippen molar-refractivity contribution in [2.75, 3.05) is 32.8 Å². The summed E-state index contributed by atoms with van der Waals surface area (Å²) in [5, 5.41) is 12.7. The Morgan fingerprint density at radius 1 is 1.36 bits per heavy atom. The summed E-state index contributed by atoms with van der Waals surface area (Å²) in [6.45, 7) is 13.0. The molecule has 2 heterocycles. The smallest absolute Gasteiger partial charge is 0.410 e. The Morgan fingerprint density at radius 3 is 2.60 bits per heavy atom. The summed E-state index contributed by atoms with van der Waals surface area (Å²) in [4.78, 5) is 13.1. The molecule has 0 unspecified atom stereocenters. The van der Waals surface area contributed by atoms with Gasteiger partial charge in [-0.1, -0.05) is 6.08 Å². The summed E-state index contributed by atoms with van der Waals surface area (Å²) >= 11 is 0. The lowest BCUT2D eigenvalue weighted by Gasteiger charge is -2.32. The Balaban J connectivity index is 0.000000465. The van der Waals surface area contributed by atoms with E-state index in [0.717, 1.165) is 25.9 Å².